The van der Waals surface area contributed by atoms with Crippen LogP contribution in [0.2, 0.25) is 0 Å². The number of para-hydroxylation sites is 2. The summed E-state index contributed by atoms with van der Waals surface area (Å²) < 4.78 is 33.0. The molecule has 1 aliphatic rings. The summed E-state index contributed by atoms with van der Waals surface area (Å²) in [5, 5.41) is 2.84. The Hall–Kier alpha value is -2.38. The van der Waals surface area contributed by atoms with Gasteiger partial charge in [-0.05, 0) is 44.0 Å². The summed E-state index contributed by atoms with van der Waals surface area (Å²) in [6.07, 6.45) is 2.50. The van der Waals surface area contributed by atoms with Crippen LogP contribution in [0.4, 0.5) is 5.69 Å². The van der Waals surface area contributed by atoms with Crippen LogP contribution in [0.25, 0.3) is 0 Å². The van der Waals surface area contributed by atoms with Crippen molar-refractivity contribution in [3.05, 3.63) is 54.1 Å². The van der Waals surface area contributed by atoms with Crippen molar-refractivity contribution in [1.82, 2.24) is 4.31 Å². The molecule has 1 aliphatic heterocycles. The van der Waals surface area contributed by atoms with Gasteiger partial charge in [0.25, 0.3) is 0 Å². The van der Waals surface area contributed by atoms with Crippen molar-refractivity contribution < 1.29 is 17.9 Å². The molecule has 0 saturated carbocycles. The number of hydrogen-bond donors (Lipinski definition) is 1. The fourth-order valence-corrected chi connectivity index (χ4v) is 5.20. The second-order valence-corrected chi connectivity index (χ2v) is 8.92. The van der Waals surface area contributed by atoms with Crippen LogP contribution in [0, 0.1) is 6.92 Å². The number of nitrogens with one attached hydrogen (secondary N) is 1. The molecule has 3 rings (SSSR count). The van der Waals surface area contributed by atoms with E-state index in [4.69, 9.17) is 4.74 Å². The van der Waals surface area contributed by atoms with Crippen molar-refractivity contribution in [2.75, 3.05) is 19.0 Å². The molecule has 0 unspecified atom stereocenters. The number of carbonyl (C=O) groups excluding carboxylic acids is 1. The summed E-state index contributed by atoms with van der Waals surface area (Å²) in [5.41, 5.74) is 1.59. The minimum Gasteiger partial charge on any atom is -0.495 e. The number of ether oxygens (including phenoxy) is 1. The Kier molecular flexibility index (Phi) is 6.36. The van der Waals surface area contributed by atoms with Crippen LogP contribution < -0.4 is 10.1 Å². The van der Waals surface area contributed by atoms with Gasteiger partial charge in [0.2, 0.25) is 15.9 Å². The first kappa shape index (κ1) is 20.4. The summed E-state index contributed by atoms with van der Waals surface area (Å²) in [4.78, 5) is 12.9. The molecule has 7 heteroatoms. The Morgan fingerprint density at radius 1 is 1.14 bits per heavy atom. The second-order valence-electron chi connectivity index (χ2n) is 7.03. The third kappa shape index (κ3) is 4.54. The fraction of sp³-hybridized carbons (Fsp3) is 0.381. The van der Waals surface area contributed by atoms with Crippen molar-refractivity contribution in [2.24, 2.45) is 0 Å². The number of nitrogens with zero attached hydrogens (tertiary/aromatic N) is 1. The minimum atomic E-state index is -3.63. The van der Waals surface area contributed by atoms with Gasteiger partial charge in [0, 0.05) is 19.0 Å². The fourth-order valence-electron chi connectivity index (χ4n) is 3.50. The zero-order valence-electron chi connectivity index (χ0n) is 16.2. The van der Waals surface area contributed by atoms with E-state index in [1.165, 1.54) is 4.31 Å². The molecule has 28 heavy (non-hydrogen) atoms. The van der Waals surface area contributed by atoms with E-state index < -0.39 is 10.0 Å². The summed E-state index contributed by atoms with van der Waals surface area (Å²) in [5.74, 6) is 0.351. The van der Waals surface area contributed by atoms with E-state index >= 15 is 0 Å². The molecule has 6 nitrogen and oxygen atoms in total. The zero-order valence-corrected chi connectivity index (χ0v) is 17.0. The van der Waals surface area contributed by atoms with Gasteiger partial charge in [0.1, 0.15) is 5.75 Å². The molecule has 0 aliphatic carbocycles. The minimum absolute atomic E-state index is 0.114. The molecule has 0 aromatic heterocycles. The van der Waals surface area contributed by atoms with E-state index in [2.05, 4.69) is 5.32 Å². The number of rotatable bonds is 6. The Morgan fingerprint density at radius 2 is 1.86 bits per heavy atom. The lowest BCUT2D eigenvalue weighted by atomic mass is 10.0. The summed E-state index contributed by atoms with van der Waals surface area (Å²) >= 11 is 0. The van der Waals surface area contributed by atoms with E-state index in [1.54, 1.807) is 43.5 Å². The van der Waals surface area contributed by atoms with E-state index in [9.17, 15) is 13.2 Å². The third-order valence-electron chi connectivity index (χ3n) is 5.00. The van der Waals surface area contributed by atoms with Crippen LogP contribution >= 0.6 is 0 Å². The molecular formula is C21H26N2O4S. The van der Waals surface area contributed by atoms with Crippen LogP contribution in [0.1, 0.15) is 31.2 Å². The third-order valence-corrected chi connectivity index (χ3v) is 6.97. The quantitative estimate of drug-likeness (QED) is 0.801. The smallest absolute Gasteiger partial charge is 0.243 e. The molecule has 2 aromatic rings. The highest BCUT2D eigenvalue weighted by Crippen LogP contribution is 2.28. The Labute approximate surface area is 166 Å². The average Bonchev–Trinajstić information content (AvgIpc) is 2.69. The largest absolute Gasteiger partial charge is 0.495 e. The normalized spacial score (nSPS) is 17.9. The number of benzene rings is 2. The molecule has 1 amide bonds. The van der Waals surface area contributed by atoms with Gasteiger partial charge in [-0.3, -0.25) is 4.79 Å². The highest BCUT2D eigenvalue weighted by atomic mass is 32.2. The van der Waals surface area contributed by atoms with Gasteiger partial charge < -0.3 is 10.1 Å². The topological polar surface area (TPSA) is 75.7 Å². The van der Waals surface area contributed by atoms with Gasteiger partial charge in [0.15, 0.2) is 0 Å². The maximum atomic E-state index is 13.1. The molecule has 1 N–H and O–H groups in total. The number of sulfonamides is 1. The highest BCUT2D eigenvalue weighted by Gasteiger charge is 2.34. The molecule has 1 heterocycles. The van der Waals surface area contributed by atoms with E-state index in [0.717, 1.165) is 18.4 Å². The Morgan fingerprint density at radius 3 is 2.57 bits per heavy atom. The van der Waals surface area contributed by atoms with Crippen LogP contribution in [0.5, 0.6) is 5.75 Å². The molecule has 0 bridgehead atoms. The first-order valence-electron chi connectivity index (χ1n) is 9.43. The van der Waals surface area contributed by atoms with Crippen molar-refractivity contribution >= 4 is 21.6 Å². The summed E-state index contributed by atoms with van der Waals surface area (Å²) in [6.45, 7) is 2.35. The first-order valence-corrected chi connectivity index (χ1v) is 10.9. The number of aryl methyl sites for hydroxylation is 1. The standard InChI is InChI=1S/C21H26N2O4S/c1-16-10-12-18(13-11-16)28(25,26)23-14-6-5-7-17(23)15-21(24)22-19-8-3-4-9-20(19)27-2/h3-4,8-13,17H,5-7,14-15H2,1-2H3,(H,22,24)/t17-/m1/s1. The highest BCUT2D eigenvalue weighted by molar-refractivity contribution is 7.89. The molecular weight excluding hydrogens is 376 g/mol. The molecule has 1 saturated heterocycles. The van der Waals surface area contributed by atoms with Gasteiger partial charge in [-0.15, -0.1) is 0 Å². The summed E-state index contributed by atoms with van der Waals surface area (Å²) in [6, 6.07) is 13.7. The number of anilines is 1. The maximum Gasteiger partial charge on any atom is 0.243 e. The van der Waals surface area contributed by atoms with Crippen LogP contribution in [0.15, 0.2) is 53.4 Å². The lowest BCUT2D eigenvalue weighted by molar-refractivity contribution is -0.117. The number of methoxy groups -OCH3 is 1. The molecule has 1 fully saturated rings. The number of carbonyl (C=O) groups is 1. The van der Waals surface area contributed by atoms with Crippen LogP contribution in [-0.4, -0.2) is 38.3 Å². The van der Waals surface area contributed by atoms with Gasteiger partial charge in [0.05, 0.1) is 17.7 Å². The van der Waals surface area contributed by atoms with Crippen molar-refractivity contribution in [1.29, 1.82) is 0 Å². The van der Waals surface area contributed by atoms with Gasteiger partial charge in [-0.25, -0.2) is 8.42 Å². The summed E-state index contributed by atoms with van der Waals surface area (Å²) in [7, 11) is -2.09. The predicted octanol–water partition coefficient (Wildman–Crippen LogP) is 3.58. The lowest BCUT2D eigenvalue weighted by Gasteiger charge is -2.34. The SMILES string of the molecule is COc1ccccc1NC(=O)C[C@H]1CCCCN1S(=O)(=O)c1ccc(C)cc1. The predicted molar refractivity (Wildman–Crippen MR) is 109 cm³/mol. The van der Waals surface area contributed by atoms with E-state index in [1.807, 2.05) is 19.1 Å². The molecule has 0 spiro atoms. The first-order chi connectivity index (χ1) is 13.4. The van der Waals surface area contributed by atoms with Crippen LogP contribution in [-0.2, 0) is 14.8 Å². The van der Waals surface area contributed by atoms with Gasteiger partial charge >= 0.3 is 0 Å². The number of amides is 1. The Bertz CT molecular complexity index is 926. The Balaban J connectivity index is 1.76. The number of piperidine rings is 1. The van der Waals surface area contributed by atoms with Crippen molar-refractivity contribution in [3.63, 3.8) is 0 Å². The van der Waals surface area contributed by atoms with Crippen molar-refractivity contribution in [2.45, 2.75) is 43.5 Å². The van der Waals surface area contributed by atoms with Gasteiger partial charge in [-0.2, -0.15) is 4.31 Å². The zero-order chi connectivity index (χ0) is 20.1. The average molecular weight is 403 g/mol. The molecule has 150 valence electrons. The molecule has 0 radical (unpaired) electrons. The second kappa shape index (κ2) is 8.75. The van der Waals surface area contributed by atoms with Crippen LogP contribution in [0.3, 0.4) is 0 Å². The number of hydrogen-bond acceptors (Lipinski definition) is 4. The maximum absolute atomic E-state index is 13.1. The monoisotopic (exact) mass is 402 g/mol. The van der Waals surface area contributed by atoms with Crippen molar-refractivity contribution in [3.8, 4) is 5.75 Å². The van der Waals surface area contributed by atoms with E-state index in [-0.39, 0.29) is 23.3 Å². The molecule has 2 aromatic carbocycles. The van der Waals surface area contributed by atoms with Gasteiger partial charge in [-0.1, -0.05) is 36.2 Å². The lowest BCUT2D eigenvalue weighted by Crippen LogP contribution is -2.45. The van der Waals surface area contributed by atoms with E-state index in [0.29, 0.717) is 24.4 Å². The molecule has 1 atom stereocenters.